The first-order valence-electron chi connectivity index (χ1n) is 7.03. The summed E-state index contributed by atoms with van der Waals surface area (Å²) in [6.07, 6.45) is 3.28. The highest BCUT2D eigenvalue weighted by Crippen LogP contribution is 2.23. The number of hydrogen-bond acceptors (Lipinski definition) is 3. The Kier molecular flexibility index (Phi) is 5.14. The van der Waals surface area contributed by atoms with Crippen LogP contribution in [-0.2, 0) is 13.0 Å². The Balaban J connectivity index is 2.40. The van der Waals surface area contributed by atoms with Crippen LogP contribution < -0.4 is 4.74 Å². The van der Waals surface area contributed by atoms with E-state index in [9.17, 15) is 0 Å². The summed E-state index contributed by atoms with van der Waals surface area (Å²) in [6.45, 7) is 5.93. The number of aromatic nitrogens is 2. The minimum absolute atomic E-state index is 0.686. The van der Waals surface area contributed by atoms with Gasteiger partial charge in [-0.1, -0.05) is 13.3 Å². The molecule has 2 rings (SSSR count). The van der Waals surface area contributed by atoms with Gasteiger partial charge in [0.2, 0.25) is 0 Å². The number of fused-ring (bicyclic) bond motifs is 1. The zero-order valence-corrected chi connectivity index (χ0v) is 12.6. The standard InChI is InChI=1S/C15H22N2OS/c1-3-5-9-17-14-7-6-12(18-4-2)11-13(14)16-15(17)8-10-19/h6-7,11,19H,3-5,8-10H2,1-2H3. The van der Waals surface area contributed by atoms with Crippen LogP contribution in [0.4, 0.5) is 0 Å². The quantitative estimate of drug-likeness (QED) is 0.782. The summed E-state index contributed by atoms with van der Waals surface area (Å²) in [5, 5.41) is 0. The second-order valence-electron chi connectivity index (χ2n) is 4.59. The van der Waals surface area contributed by atoms with Crippen LogP contribution in [0.3, 0.4) is 0 Å². The molecule has 0 unspecified atom stereocenters. The van der Waals surface area contributed by atoms with E-state index in [4.69, 9.17) is 9.72 Å². The van der Waals surface area contributed by atoms with Crippen molar-refractivity contribution in [2.45, 2.75) is 39.7 Å². The van der Waals surface area contributed by atoms with Crippen molar-refractivity contribution in [1.82, 2.24) is 9.55 Å². The Morgan fingerprint density at radius 1 is 1.32 bits per heavy atom. The highest BCUT2D eigenvalue weighted by atomic mass is 32.1. The zero-order chi connectivity index (χ0) is 13.7. The maximum absolute atomic E-state index is 5.54. The Labute approximate surface area is 120 Å². The highest BCUT2D eigenvalue weighted by molar-refractivity contribution is 7.80. The number of hydrogen-bond donors (Lipinski definition) is 1. The lowest BCUT2D eigenvalue weighted by molar-refractivity contribution is 0.340. The van der Waals surface area contributed by atoms with Crippen molar-refractivity contribution in [2.75, 3.05) is 12.4 Å². The minimum atomic E-state index is 0.686. The summed E-state index contributed by atoms with van der Waals surface area (Å²) in [6, 6.07) is 6.18. The predicted molar refractivity (Wildman–Crippen MR) is 83.4 cm³/mol. The van der Waals surface area contributed by atoms with Crippen LogP contribution in [-0.4, -0.2) is 21.9 Å². The fraction of sp³-hybridized carbons (Fsp3) is 0.533. The molecule has 0 aliphatic carbocycles. The topological polar surface area (TPSA) is 27.1 Å². The summed E-state index contributed by atoms with van der Waals surface area (Å²) in [5.74, 6) is 2.85. The molecule has 4 heteroatoms. The number of benzene rings is 1. The van der Waals surface area contributed by atoms with E-state index in [1.807, 2.05) is 19.1 Å². The zero-order valence-electron chi connectivity index (χ0n) is 11.7. The smallest absolute Gasteiger partial charge is 0.121 e. The number of thiol groups is 1. The number of ether oxygens (including phenoxy) is 1. The third-order valence-electron chi connectivity index (χ3n) is 3.18. The van der Waals surface area contributed by atoms with E-state index in [0.29, 0.717) is 6.61 Å². The maximum Gasteiger partial charge on any atom is 0.121 e. The van der Waals surface area contributed by atoms with Crippen LogP contribution >= 0.6 is 12.6 Å². The van der Waals surface area contributed by atoms with Crippen LogP contribution in [0.2, 0.25) is 0 Å². The van der Waals surface area contributed by atoms with Gasteiger partial charge >= 0.3 is 0 Å². The average Bonchev–Trinajstić information content (AvgIpc) is 2.74. The minimum Gasteiger partial charge on any atom is -0.494 e. The van der Waals surface area contributed by atoms with E-state index < -0.39 is 0 Å². The van der Waals surface area contributed by atoms with Gasteiger partial charge in [-0.25, -0.2) is 4.98 Å². The molecule has 0 amide bonds. The fourth-order valence-corrected chi connectivity index (χ4v) is 2.47. The number of unbranched alkanes of at least 4 members (excludes halogenated alkanes) is 1. The molecule has 0 spiro atoms. The average molecular weight is 278 g/mol. The normalized spacial score (nSPS) is 11.1. The monoisotopic (exact) mass is 278 g/mol. The van der Waals surface area contributed by atoms with Gasteiger partial charge in [-0.2, -0.15) is 12.6 Å². The highest BCUT2D eigenvalue weighted by Gasteiger charge is 2.10. The van der Waals surface area contributed by atoms with Crippen molar-refractivity contribution in [3.8, 4) is 5.75 Å². The molecule has 0 N–H and O–H groups in total. The molecule has 0 radical (unpaired) electrons. The van der Waals surface area contributed by atoms with E-state index in [2.05, 4.69) is 30.2 Å². The molecule has 1 heterocycles. The van der Waals surface area contributed by atoms with Gasteiger partial charge in [-0.15, -0.1) is 0 Å². The summed E-state index contributed by atoms with van der Waals surface area (Å²) in [4.78, 5) is 4.73. The summed E-state index contributed by atoms with van der Waals surface area (Å²) in [7, 11) is 0. The first-order valence-corrected chi connectivity index (χ1v) is 7.66. The SMILES string of the molecule is CCCCn1c(CCS)nc2cc(OCC)ccc21. The molecule has 19 heavy (non-hydrogen) atoms. The third-order valence-corrected chi connectivity index (χ3v) is 3.40. The van der Waals surface area contributed by atoms with Crippen LogP contribution in [0.5, 0.6) is 5.75 Å². The molecule has 104 valence electrons. The van der Waals surface area contributed by atoms with Crippen molar-refractivity contribution < 1.29 is 4.74 Å². The van der Waals surface area contributed by atoms with Crippen LogP contribution in [0.1, 0.15) is 32.5 Å². The van der Waals surface area contributed by atoms with Gasteiger partial charge in [0.25, 0.3) is 0 Å². The largest absolute Gasteiger partial charge is 0.494 e. The fourth-order valence-electron chi connectivity index (χ4n) is 2.27. The molecular formula is C15H22N2OS. The van der Waals surface area contributed by atoms with E-state index in [1.54, 1.807) is 0 Å². The Morgan fingerprint density at radius 2 is 2.16 bits per heavy atom. The third kappa shape index (κ3) is 3.24. The molecule has 0 saturated carbocycles. The van der Waals surface area contributed by atoms with Gasteiger partial charge in [0.05, 0.1) is 17.6 Å². The van der Waals surface area contributed by atoms with Gasteiger partial charge in [-0.3, -0.25) is 0 Å². The van der Waals surface area contributed by atoms with Gasteiger partial charge < -0.3 is 9.30 Å². The first-order chi connectivity index (χ1) is 9.30. The van der Waals surface area contributed by atoms with E-state index >= 15 is 0 Å². The molecule has 2 aromatic rings. The van der Waals surface area contributed by atoms with E-state index in [-0.39, 0.29) is 0 Å². The van der Waals surface area contributed by atoms with Crippen molar-refractivity contribution in [3.63, 3.8) is 0 Å². The summed E-state index contributed by atoms with van der Waals surface area (Å²) >= 11 is 4.33. The molecule has 3 nitrogen and oxygen atoms in total. The number of aryl methyl sites for hydroxylation is 2. The first kappa shape index (κ1) is 14.3. The summed E-state index contributed by atoms with van der Waals surface area (Å²) < 4.78 is 7.86. The second-order valence-corrected chi connectivity index (χ2v) is 5.04. The molecule has 0 atom stereocenters. The van der Waals surface area contributed by atoms with Crippen molar-refractivity contribution in [2.24, 2.45) is 0 Å². The van der Waals surface area contributed by atoms with Crippen LogP contribution in [0.15, 0.2) is 18.2 Å². The van der Waals surface area contributed by atoms with Crippen molar-refractivity contribution >= 4 is 23.7 Å². The second kappa shape index (κ2) is 6.85. The Hall–Kier alpha value is -1.16. The molecule has 0 fully saturated rings. The van der Waals surface area contributed by atoms with E-state index in [1.165, 1.54) is 18.4 Å². The summed E-state index contributed by atoms with van der Waals surface area (Å²) in [5.41, 5.74) is 2.23. The molecule has 1 aromatic carbocycles. The molecular weight excluding hydrogens is 256 g/mol. The van der Waals surface area contributed by atoms with Gasteiger partial charge in [0.1, 0.15) is 11.6 Å². The molecule has 1 aromatic heterocycles. The molecule has 0 aliphatic heterocycles. The number of imidazole rings is 1. The van der Waals surface area contributed by atoms with Gasteiger partial charge in [0.15, 0.2) is 0 Å². The number of rotatable bonds is 7. The van der Waals surface area contributed by atoms with Crippen molar-refractivity contribution in [3.05, 3.63) is 24.0 Å². The van der Waals surface area contributed by atoms with Crippen LogP contribution in [0.25, 0.3) is 11.0 Å². The van der Waals surface area contributed by atoms with Crippen LogP contribution in [0, 0.1) is 0 Å². The molecule has 0 saturated heterocycles. The molecule has 0 bridgehead atoms. The lowest BCUT2D eigenvalue weighted by Gasteiger charge is -2.08. The lowest BCUT2D eigenvalue weighted by atomic mass is 10.3. The maximum atomic E-state index is 5.54. The Morgan fingerprint density at radius 3 is 2.84 bits per heavy atom. The number of nitrogens with zero attached hydrogens (tertiary/aromatic N) is 2. The van der Waals surface area contributed by atoms with E-state index in [0.717, 1.165) is 35.8 Å². The van der Waals surface area contributed by atoms with Crippen molar-refractivity contribution in [1.29, 1.82) is 0 Å². The molecule has 0 aliphatic rings. The predicted octanol–water partition coefficient (Wildman–Crippen LogP) is 3.71. The van der Waals surface area contributed by atoms with Gasteiger partial charge in [0, 0.05) is 19.0 Å². The lowest BCUT2D eigenvalue weighted by Crippen LogP contribution is -2.04. The van der Waals surface area contributed by atoms with Gasteiger partial charge in [-0.05, 0) is 31.2 Å². The Bertz CT molecular complexity index is 536.